The molecule has 0 unspecified atom stereocenters. The quantitative estimate of drug-likeness (QED) is 0.852. The molecule has 0 bridgehead atoms. The Morgan fingerprint density at radius 1 is 1.12 bits per heavy atom. The van der Waals surface area contributed by atoms with Crippen LogP contribution < -0.4 is 10.2 Å². The van der Waals surface area contributed by atoms with E-state index in [2.05, 4.69) is 5.32 Å². The van der Waals surface area contributed by atoms with Crippen molar-refractivity contribution in [2.75, 3.05) is 18.0 Å². The lowest BCUT2D eigenvalue weighted by Crippen LogP contribution is -2.40. The van der Waals surface area contributed by atoms with Crippen molar-refractivity contribution in [3.8, 4) is 0 Å². The highest BCUT2D eigenvalue weighted by Gasteiger charge is 2.16. The number of benzene rings is 2. The molecule has 0 heterocycles. The lowest BCUT2D eigenvalue weighted by atomic mass is 10.1. The topological polar surface area (TPSA) is 49.4 Å². The zero-order valence-corrected chi connectivity index (χ0v) is 14.3. The molecule has 7 heteroatoms. The first-order valence-corrected chi connectivity index (χ1v) is 7.99. The number of rotatable bonds is 6. The molecule has 132 valence electrons. The standard InChI is InChI=1S/C18H17ClF2N2O2/c1-12(24)23(15-6-7-17(21)16(19)10-15)11-18(25)22-9-8-13-2-4-14(20)5-3-13/h2-7,10H,8-9,11H2,1H3,(H,22,25). The van der Waals surface area contributed by atoms with Gasteiger partial charge in [-0.3, -0.25) is 9.59 Å². The van der Waals surface area contributed by atoms with Crippen LogP contribution in [0.5, 0.6) is 0 Å². The summed E-state index contributed by atoms with van der Waals surface area (Å²) in [6, 6.07) is 9.81. The van der Waals surface area contributed by atoms with Gasteiger partial charge in [-0.15, -0.1) is 0 Å². The molecule has 0 saturated carbocycles. The Labute approximate surface area is 149 Å². The first kappa shape index (κ1) is 18.9. The predicted molar refractivity (Wildman–Crippen MR) is 92.6 cm³/mol. The summed E-state index contributed by atoms with van der Waals surface area (Å²) in [4.78, 5) is 25.0. The molecule has 0 saturated heterocycles. The summed E-state index contributed by atoms with van der Waals surface area (Å²) in [5.41, 5.74) is 1.23. The largest absolute Gasteiger partial charge is 0.354 e. The van der Waals surface area contributed by atoms with Crippen molar-refractivity contribution in [2.24, 2.45) is 0 Å². The summed E-state index contributed by atoms with van der Waals surface area (Å²) in [6.07, 6.45) is 0.536. The van der Waals surface area contributed by atoms with E-state index in [9.17, 15) is 18.4 Å². The zero-order valence-electron chi connectivity index (χ0n) is 13.6. The molecule has 2 amide bonds. The summed E-state index contributed by atoms with van der Waals surface area (Å²) in [7, 11) is 0. The lowest BCUT2D eigenvalue weighted by molar-refractivity contribution is -0.123. The fraction of sp³-hybridized carbons (Fsp3) is 0.222. The van der Waals surface area contributed by atoms with Gasteiger partial charge in [0.25, 0.3) is 0 Å². The summed E-state index contributed by atoms with van der Waals surface area (Å²) in [5, 5.41) is 2.57. The van der Waals surface area contributed by atoms with Gasteiger partial charge in [-0.05, 0) is 42.3 Å². The van der Waals surface area contributed by atoms with Crippen molar-refractivity contribution in [1.29, 1.82) is 0 Å². The second-order valence-corrected chi connectivity index (χ2v) is 5.84. The van der Waals surface area contributed by atoms with Crippen LogP contribution in [0.3, 0.4) is 0 Å². The predicted octanol–water partition coefficient (Wildman–Crippen LogP) is 3.33. The molecular formula is C18H17ClF2N2O2. The van der Waals surface area contributed by atoms with Gasteiger partial charge in [-0.1, -0.05) is 23.7 Å². The first-order chi connectivity index (χ1) is 11.9. The van der Waals surface area contributed by atoms with Gasteiger partial charge in [0.15, 0.2) is 0 Å². The van der Waals surface area contributed by atoms with Gasteiger partial charge in [0.2, 0.25) is 11.8 Å². The van der Waals surface area contributed by atoms with Gasteiger partial charge in [-0.2, -0.15) is 0 Å². The van der Waals surface area contributed by atoms with Gasteiger partial charge in [-0.25, -0.2) is 8.78 Å². The number of nitrogens with zero attached hydrogens (tertiary/aromatic N) is 1. The number of anilines is 1. The third kappa shape index (κ3) is 5.53. The van der Waals surface area contributed by atoms with E-state index in [1.807, 2.05) is 0 Å². The van der Waals surface area contributed by atoms with Crippen molar-refractivity contribution in [3.05, 3.63) is 64.7 Å². The molecule has 0 aromatic heterocycles. The van der Waals surface area contributed by atoms with Crippen LogP contribution in [-0.4, -0.2) is 24.9 Å². The first-order valence-electron chi connectivity index (χ1n) is 7.61. The molecule has 0 aliphatic carbocycles. The number of carbonyl (C=O) groups excluding carboxylic acids is 2. The van der Waals surface area contributed by atoms with Crippen LogP contribution in [0.15, 0.2) is 42.5 Å². The normalized spacial score (nSPS) is 10.4. The molecule has 0 aliphatic rings. The van der Waals surface area contributed by atoms with Crippen molar-refractivity contribution >= 4 is 29.1 Å². The third-order valence-corrected chi connectivity index (χ3v) is 3.84. The molecule has 0 radical (unpaired) electrons. The molecule has 2 rings (SSSR count). The minimum absolute atomic E-state index is 0.125. The van der Waals surface area contributed by atoms with Crippen molar-refractivity contribution in [3.63, 3.8) is 0 Å². The van der Waals surface area contributed by atoms with E-state index in [0.29, 0.717) is 18.7 Å². The fourth-order valence-electron chi connectivity index (χ4n) is 2.23. The summed E-state index contributed by atoms with van der Waals surface area (Å²) < 4.78 is 26.1. The molecule has 25 heavy (non-hydrogen) atoms. The molecule has 0 atom stereocenters. The molecule has 4 nitrogen and oxygen atoms in total. The highest BCUT2D eigenvalue weighted by atomic mass is 35.5. The van der Waals surface area contributed by atoms with Gasteiger partial charge >= 0.3 is 0 Å². The maximum Gasteiger partial charge on any atom is 0.240 e. The molecule has 0 spiro atoms. The van der Waals surface area contributed by atoms with E-state index in [1.165, 1.54) is 36.1 Å². The SMILES string of the molecule is CC(=O)N(CC(=O)NCCc1ccc(F)cc1)c1ccc(F)c(Cl)c1. The lowest BCUT2D eigenvalue weighted by Gasteiger charge is -2.21. The molecule has 0 fully saturated rings. The number of carbonyl (C=O) groups is 2. The van der Waals surface area contributed by atoms with Crippen LogP contribution in [0.25, 0.3) is 0 Å². The minimum Gasteiger partial charge on any atom is -0.354 e. The highest BCUT2D eigenvalue weighted by molar-refractivity contribution is 6.31. The third-order valence-electron chi connectivity index (χ3n) is 3.55. The molecule has 1 N–H and O–H groups in total. The fourth-order valence-corrected chi connectivity index (χ4v) is 2.41. The van der Waals surface area contributed by atoms with Crippen LogP contribution in [0.4, 0.5) is 14.5 Å². The maximum absolute atomic E-state index is 13.2. The monoisotopic (exact) mass is 366 g/mol. The number of halogens is 3. The van der Waals surface area contributed by atoms with Crippen LogP contribution in [-0.2, 0) is 16.0 Å². The van der Waals surface area contributed by atoms with E-state index in [0.717, 1.165) is 11.6 Å². The average molecular weight is 367 g/mol. The number of amides is 2. The number of hydrogen-bond acceptors (Lipinski definition) is 2. The Bertz CT molecular complexity index is 766. The van der Waals surface area contributed by atoms with E-state index >= 15 is 0 Å². The minimum atomic E-state index is -0.599. The van der Waals surface area contributed by atoms with Gasteiger partial charge in [0.05, 0.1) is 5.02 Å². The van der Waals surface area contributed by atoms with Crippen molar-refractivity contribution in [1.82, 2.24) is 5.32 Å². The van der Waals surface area contributed by atoms with Gasteiger partial charge in [0, 0.05) is 19.2 Å². The zero-order chi connectivity index (χ0) is 18.4. The van der Waals surface area contributed by atoms with Crippen molar-refractivity contribution < 1.29 is 18.4 Å². The summed E-state index contributed by atoms with van der Waals surface area (Å²) >= 11 is 5.72. The second kappa shape index (κ2) is 8.58. The Morgan fingerprint density at radius 2 is 1.80 bits per heavy atom. The van der Waals surface area contributed by atoms with Crippen molar-refractivity contribution in [2.45, 2.75) is 13.3 Å². The Morgan fingerprint density at radius 3 is 2.40 bits per heavy atom. The maximum atomic E-state index is 13.2. The highest BCUT2D eigenvalue weighted by Crippen LogP contribution is 2.22. The van der Waals surface area contributed by atoms with Gasteiger partial charge < -0.3 is 10.2 Å². The van der Waals surface area contributed by atoms with Crippen LogP contribution in [0.1, 0.15) is 12.5 Å². The Hall–Kier alpha value is -2.47. The summed E-state index contributed by atoms with van der Waals surface area (Å²) in [5.74, 6) is -1.64. The average Bonchev–Trinajstić information content (AvgIpc) is 2.57. The summed E-state index contributed by atoms with van der Waals surface area (Å²) in [6.45, 7) is 1.45. The smallest absolute Gasteiger partial charge is 0.240 e. The molecular weight excluding hydrogens is 350 g/mol. The Balaban J connectivity index is 1.92. The number of nitrogens with one attached hydrogen (secondary N) is 1. The molecule has 0 aliphatic heterocycles. The molecule has 2 aromatic carbocycles. The number of hydrogen-bond donors (Lipinski definition) is 1. The second-order valence-electron chi connectivity index (χ2n) is 5.43. The van der Waals surface area contributed by atoms with Crippen LogP contribution >= 0.6 is 11.6 Å². The molecule has 2 aromatic rings. The van der Waals surface area contributed by atoms with E-state index in [4.69, 9.17) is 11.6 Å². The van der Waals surface area contributed by atoms with Crippen LogP contribution in [0, 0.1) is 11.6 Å². The van der Waals surface area contributed by atoms with Crippen LogP contribution in [0.2, 0.25) is 5.02 Å². The van der Waals surface area contributed by atoms with E-state index in [-0.39, 0.29) is 29.2 Å². The van der Waals surface area contributed by atoms with E-state index < -0.39 is 5.82 Å². The van der Waals surface area contributed by atoms with Gasteiger partial charge in [0.1, 0.15) is 18.2 Å². The van der Waals surface area contributed by atoms with E-state index in [1.54, 1.807) is 12.1 Å². The Kier molecular flexibility index (Phi) is 6.47.